The van der Waals surface area contributed by atoms with Gasteiger partial charge in [0.15, 0.2) is 10.3 Å². The van der Waals surface area contributed by atoms with Crippen molar-refractivity contribution in [3.05, 3.63) is 164 Å². The quantitative estimate of drug-likeness (QED) is 0.0498. The van der Waals surface area contributed by atoms with E-state index in [-0.39, 0.29) is 55.2 Å². The lowest BCUT2D eigenvalue weighted by molar-refractivity contribution is 0.0689. The molecule has 6 aromatic rings. The van der Waals surface area contributed by atoms with Gasteiger partial charge in [0.25, 0.3) is 5.91 Å². The highest BCUT2D eigenvalue weighted by atomic mass is 35.5. The molecule has 0 radical (unpaired) electrons. The molecule has 0 unspecified atom stereocenters. The number of nitrogens with one attached hydrogen (secondary N) is 1. The summed E-state index contributed by atoms with van der Waals surface area (Å²) in [7, 11) is 0. The minimum Gasteiger partial charge on any atom is -0.477 e. The molecule has 17 heteroatoms. The molecule has 2 heterocycles. The van der Waals surface area contributed by atoms with Crippen LogP contribution in [0.4, 0.5) is 0 Å². The number of carbonyl (C=O) groups is 2. The molecule has 1 amide bonds. The molecule has 0 saturated carbocycles. The van der Waals surface area contributed by atoms with Crippen molar-refractivity contribution in [1.29, 1.82) is 0 Å². The molecule has 13 nitrogen and oxygen atoms in total. The molecule has 0 spiro atoms. The third kappa shape index (κ3) is 14.8. The van der Waals surface area contributed by atoms with Gasteiger partial charge in [-0.2, -0.15) is 9.97 Å². The number of rotatable bonds is 15. The van der Waals surface area contributed by atoms with Gasteiger partial charge in [-0.05, 0) is 58.0 Å². The van der Waals surface area contributed by atoms with Crippen LogP contribution in [0.5, 0.6) is 11.8 Å². The number of aliphatic hydroxyl groups is 2. The fourth-order valence-electron chi connectivity index (χ4n) is 4.83. The van der Waals surface area contributed by atoms with Gasteiger partial charge in [0.05, 0.1) is 13.2 Å². The Morgan fingerprint density at radius 1 is 0.678 bits per heavy atom. The first-order chi connectivity index (χ1) is 28.6. The molecule has 308 valence electrons. The topological polar surface area (TPSA) is 203 Å². The number of nitrogens with two attached hydrogens (primary N) is 1. The normalized spacial score (nSPS) is 10.4. The molecular weight excluding hydrogens is 836 g/mol. The zero-order valence-corrected chi connectivity index (χ0v) is 35.2. The molecule has 6 rings (SSSR count). The van der Waals surface area contributed by atoms with E-state index in [0.717, 1.165) is 16.7 Å². The lowest BCUT2D eigenvalue weighted by atomic mass is 10.1. The number of amides is 1. The van der Waals surface area contributed by atoms with Crippen molar-refractivity contribution >= 4 is 58.6 Å². The van der Waals surface area contributed by atoms with Crippen molar-refractivity contribution in [3.63, 3.8) is 0 Å². The number of carboxylic acid groups (broad SMARTS) is 1. The van der Waals surface area contributed by atoms with E-state index in [1.807, 2.05) is 73.0 Å². The van der Waals surface area contributed by atoms with Crippen molar-refractivity contribution in [2.75, 3.05) is 12.5 Å². The number of benzene rings is 4. The van der Waals surface area contributed by atoms with E-state index < -0.39 is 5.97 Å². The van der Waals surface area contributed by atoms with Crippen LogP contribution >= 0.6 is 46.7 Å². The summed E-state index contributed by atoms with van der Waals surface area (Å²) in [6.45, 7) is 1.04. The highest BCUT2D eigenvalue weighted by molar-refractivity contribution is 7.98. The van der Waals surface area contributed by atoms with Gasteiger partial charge >= 0.3 is 5.97 Å². The van der Waals surface area contributed by atoms with Gasteiger partial charge in [-0.3, -0.25) is 4.79 Å². The van der Waals surface area contributed by atoms with Crippen molar-refractivity contribution in [2.45, 2.75) is 49.8 Å². The van der Waals surface area contributed by atoms with Gasteiger partial charge in [0.2, 0.25) is 11.8 Å². The Bertz CT molecular complexity index is 2280. The molecule has 0 bridgehead atoms. The maximum absolute atomic E-state index is 12.7. The third-order valence-electron chi connectivity index (χ3n) is 8.00. The van der Waals surface area contributed by atoms with E-state index in [0.29, 0.717) is 44.6 Å². The average Bonchev–Trinajstić information content (AvgIpc) is 3.27. The van der Waals surface area contributed by atoms with Gasteiger partial charge < -0.3 is 35.8 Å². The summed E-state index contributed by atoms with van der Waals surface area (Å²) in [5.41, 5.74) is 10.5. The number of hydrogen-bond donors (Lipinski definition) is 5. The van der Waals surface area contributed by atoms with Crippen LogP contribution in [-0.4, -0.2) is 59.6 Å². The fourth-order valence-corrected chi connectivity index (χ4v) is 6.02. The maximum atomic E-state index is 12.7. The lowest BCUT2D eigenvalue weighted by Crippen LogP contribution is -2.24. The van der Waals surface area contributed by atoms with Crippen molar-refractivity contribution < 1.29 is 34.4 Å². The first-order valence-electron chi connectivity index (χ1n) is 17.7. The summed E-state index contributed by atoms with van der Waals surface area (Å²) in [5.74, 6) is -1.26. The fraction of sp³-hybridized carbons (Fsp3) is 0.190. The van der Waals surface area contributed by atoms with E-state index in [1.165, 1.54) is 41.5 Å². The monoisotopic (exact) mass is 876 g/mol. The van der Waals surface area contributed by atoms with Crippen molar-refractivity contribution in [3.8, 4) is 11.8 Å². The number of carboxylic acids is 1. The first kappa shape index (κ1) is 46.4. The summed E-state index contributed by atoms with van der Waals surface area (Å²) in [4.78, 5) is 40.3. The van der Waals surface area contributed by atoms with E-state index in [1.54, 1.807) is 36.6 Å². The summed E-state index contributed by atoms with van der Waals surface area (Å²) >= 11 is 14.8. The molecule has 6 N–H and O–H groups in total. The van der Waals surface area contributed by atoms with Gasteiger partial charge in [0, 0.05) is 35.5 Å². The molecule has 0 saturated heterocycles. The molecule has 0 aliphatic rings. The Kier molecular flexibility index (Phi) is 19.4. The van der Waals surface area contributed by atoms with E-state index in [2.05, 4.69) is 25.3 Å². The van der Waals surface area contributed by atoms with Gasteiger partial charge in [-0.1, -0.05) is 132 Å². The number of aliphatic hydroxyl groups excluding tert-OH is 2. The van der Waals surface area contributed by atoms with Crippen LogP contribution in [-0.2, 0) is 39.5 Å². The van der Waals surface area contributed by atoms with E-state index >= 15 is 0 Å². The number of carbonyl (C=O) groups excluding carboxylic acids is 1. The minimum atomic E-state index is -1.16. The second-order valence-electron chi connectivity index (χ2n) is 12.1. The molecule has 4 aromatic carbocycles. The molecule has 0 atom stereocenters. The Hall–Kier alpha value is -5.26. The summed E-state index contributed by atoms with van der Waals surface area (Å²) in [6, 6.07) is 30.0. The standard InChI is InChI=1S/C21H20ClN3O3S.C14H13ClN2O4S.C7H9N/c1-29-21-24-11-17(19(27)23-10-14-5-3-2-4-6-14)20(25-21)28-13-15-7-8-16(12-26)18(22)9-15;1-22-14-16-5-10(13(19)20)12(17-14)21-7-8-2-3-9(6-18)11(15)4-8;8-6-7-4-2-1-3-5-7/h2-9,11,26H,10,12-13H2,1H3,(H,23,27);2-5,18H,6-7H2,1H3,(H,19,20);1-5H,6,8H2. The number of aromatic nitrogens is 4. The lowest BCUT2D eigenvalue weighted by Gasteiger charge is -2.12. The highest BCUT2D eigenvalue weighted by Crippen LogP contribution is 2.24. The van der Waals surface area contributed by atoms with Crippen LogP contribution in [0.15, 0.2) is 120 Å². The molecule has 59 heavy (non-hydrogen) atoms. The summed E-state index contributed by atoms with van der Waals surface area (Å²) in [5, 5.41) is 32.1. The molecular formula is C42H42Cl2N6O7S2. The number of aromatic carboxylic acids is 1. The number of nitrogens with zero attached hydrogens (tertiary/aromatic N) is 4. The van der Waals surface area contributed by atoms with Crippen molar-refractivity contribution in [1.82, 2.24) is 25.3 Å². The largest absolute Gasteiger partial charge is 0.477 e. The number of thioether (sulfide) groups is 2. The second-order valence-corrected chi connectivity index (χ2v) is 14.4. The van der Waals surface area contributed by atoms with Gasteiger partial charge in [-0.15, -0.1) is 0 Å². The van der Waals surface area contributed by atoms with Gasteiger partial charge in [-0.25, -0.2) is 14.8 Å². The average molecular weight is 878 g/mol. The Morgan fingerprint density at radius 2 is 1.14 bits per heavy atom. The van der Waals surface area contributed by atoms with E-state index in [4.69, 9.17) is 48.6 Å². The van der Waals surface area contributed by atoms with Crippen molar-refractivity contribution in [2.24, 2.45) is 5.73 Å². The molecule has 2 aromatic heterocycles. The zero-order chi connectivity index (χ0) is 42.6. The van der Waals surface area contributed by atoms with Crippen LogP contribution < -0.4 is 20.5 Å². The Labute approximate surface area is 360 Å². The van der Waals surface area contributed by atoms with Crippen LogP contribution in [0, 0.1) is 0 Å². The predicted octanol–water partition coefficient (Wildman–Crippen LogP) is 7.62. The second kappa shape index (κ2) is 24.6. The van der Waals surface area contributed by atoms with E-state index in [9.17, 15) is 14.7 Å². The highest BCUT2D eigenvalue weighted by Gasteiger charge is 2.18. The zero-order valence-electron chi connectivity index (χ0n) is 32.0. The van der Waals surface area contributed by atoms with Crippen LogP contribution in [0.2, 0.25) is 10.0 Å². The molecule has 0 aliphatic heterocycles. The Morgan fingerprint density at radius 3 is 1.54 bits per heavy atom. The Balaban J connectivity index is 0.000000225. The van der Waals surface area contributed by atoms with Gasteiger partial charge in [0.1, 0.15) is 24.3 Å². The maximum Gasteiger partial charge on any atom is 0.342 e. The predicted molar refractivity (Wildman–Crippen MR) is 230 cm³/mol. The SMILES string of the molecule is CSc1ncc(C(=O)NCc2ccccc2)c(OCc2ccc(CO)c(Cl)c2)n1.CSc1ncc(C(=O)O)c(OCc2ccc(CO)c(Cl)c2)n1.NCc1ccccc1. The smallest absolute Gasteiger partial charge is 0.342 e. The molecule has 0 fully saturated rings. The third-order valence-corrected chi connectivity index (χ3v) is 9.83. The minimum absolute atomic E-state index is 0.00853. The summed E-state index contributed by atoms with van der Waals surface area (Å²) in [6.07, 6.45) is 6.32. The number of ether oxygens (including phenoxy) is 2. The number of hydrogen-bond acceptors (Lipinski definition) is 13. The van der Waals surface area contributed by atoms with Crippen LogP contribution in [0.25, 0.3) is 0 Å². The molecule has 0 aliphatic carbocycles. The number of halogens is 2. The van der Waals surface area contributed by atoms with Crippen LogP contribution in [0.3, 0.4) is 0 Å². The first-order valence-corrected chi connectivity index (χ1v) is 20.9. The van der Waals surface area contributed by atoms with Crippen LogP contribution in [0.1, 0.15) is 54.1 Å². The summed E-state index contributed by atoms with van der Waals surface area (Å²) < 4.78 is 11.3.